The van der Waals surface area contributed by atoms with Crippen LogP contribution in [0.3, 0.4) is 0 Å². The first-order valence-corrected chi connectivity index (χ1v) is 7.25. The molecule has 2 aromatic carbocycles. The van der Waals surface area contributed by atoms with Gasteiger partial charge in [-0.3, -0.25) is 0 Å². The van der Waals surface area contributed by atoms with Crippen LogP contribution in [-0.2, 0) is 0 Å². The molecule has 0 aliphatic rings. The van der Waals surface area contributed by atoms with Crippen molar-refractivity contribution >= 4 is 0 Å². The van der Waals surface area contributed by atoms with Crippen molar-refractivity contribution in [2.45, 2.75) is 18.6 Å². The summed E-state index contributed by atoms with van der Waals surface area (Å²) < 4.78 is 0. The first-order chi connectivity index (χ1) is 10.7. The predicted octanol–water partition coefficient (Wildman–Crippen LogP) is 4.11. The van der Waals surface area contributed by atoms with Gasteiger partial charge in [0.25, 0.3) is 0 Å². The average Bonchev–Trinajstić information content (AvgIpc) is 2.59. The van der Waals surface area contributed by atoms with Gasteiger partial charge < -0.3 is 10.2 Å². The number of rotatable bonds is 6. The molecule has 0 aliphatic heterocycles. The summed E-state index contributed by atoms with van der Waals surface area (Å²) in [7, 11) is 0. The first kappa shape index (κ1) is 16.0. The van der Waals surface area contributed by atoms with Crippen molar-refractivity contribution in [2.24, 2.45) is 0 Å². The first-order valence-electron chi connectivity index (χ1n) is 7.25. The third-order valence-corrected chi connectivity index (χ3v) is 3.46. The van der Waals surface area contributed by atoms with Crippen LogP contribution >= 0.6 is 0 Å². The molecule has 2 heteroatoms. The van der Waals surface area contributed by atoms with Crippen LogP contribution in [0.2, 0.25) is 0 Å². The average molecular weight is 292 g/mol. The van der Waals surface area contributed by atoms with Crippen molar-refractivity contribution in [3.05, 3.63) is 102 Å². The van der Waals surface area contributed by atoms with Crippen LogP contribution in [0.1, 0.15) is 29.8 Å². The summed E-state index contributed by atoms with van der Waals surface area (Å²) in [5.74, 6) is 0. The van der Waals surface area contributed by atoms with E-state index in [1.807, 2.05) is 66.7 Å². The number of aliphatic hydroxyl groups excluding tert-OH is 2. The van der Waals surface area contributed by atoms with E-state index in [1.54, 1.807) is 6.08 Å². The molecule has 0 amide bonds. The standard InChI is InChI=1S/C20H20O2/c1-2-16(20(22)18-12-7-4-8-13-18)14-9-15-19(21)17-10-5-3-6-11-17/h3-14,19-22H,1,15H2/b14-9+. The Balaban J connectivity index is 2.00. The van der Waals surface area contributed by atoms with Gasteiger partial charge in [-0.05, 0) is 17.5 Å². The van der Waals surface area contributed by atoms with Crippen LogP contribution in [0.25, 0.3) is 0 Å². The van der Waals surface area contributed by atoms with E-state index in [2.05, 4.69) is 12.3 Å². The van der Waals surface area contributed by atoms with E-state index < -0.39 is 12.2 Å². The molecule has 0 spiro atoms. The molecule has 0 bridgehead atoms. The van der Waals surface area contributed by atoms with Crippen molar-refractivity contribution < 1.29 is 10.2 Å². The van der Waals surface area contributed by atoms with E-state index in [9.17, 15) is 10.2 Å². The normalized spacial score (nSPS) is 13.5. The van der Waals surface area contributed by atoms with Crippen molar-refractivity contribution in [1.29, 1.82) is 0 Å². The highest BCUT2D eigenvalue weighted by Gasteiger charge is 2.10. The molecule has 0 radical (unpaired) electrons. The van der Waals surface area contributed by atoms with Crippen LogP contribution in [-0.4, -0.2) is 10.2 Å². The highest BCUT2D eigenvalue weighted by atomic mass is 16.3. The zero-order valence-electron chi connectivity index (χ0n) is 12.4. The second-order valence-electron chi connectivity index (χ2n) is 5.01. The summed E-state index contributed by atoms with van der Waals surface area (Å²) in [6, 6.07) is 18.9. The van der Waals surface area contributed by atoms with Gasteiger partial charge in [-0.1, -0.05) is 79.4 Å². The Hall–Kier alpha value is -2.38. The smallest absolute Gasteiger partial charge is 0.111 e. The van der Waals surface area contributed by atoms with Gasteiger partial charge in [0.15, 0.2) is 0 Å². The molecule has 22 heavy (non-hydrogen) atoms. The largest absolute Gasteiger partial charge is 0.388 e. The van der Waals surface area contributed by atoms with Gasteiger partial charge in [-0.15, -0.1) is 5.73 Å². The Morgan fingerprint density at radius 2 is 1.50 bits per heavy atom. The van der Waals surface area contributed by atoms with Crippen LogP contribution in [0.15, 0.2) is 90.7 Å². The van der Waals surface area contributed by atoms with E-state index in [0.717, 1.165) is 11.1 Å². The van der Waals surface area contributed by atoms with E-state index in [0.29, 0.717) is 12.0 Å². The second kappa shape index (κ2) is 8.16. The zero-order valence-corrected chi connectivity index (χ0v) is 12.4. The quantitative estimate of drug-likeness (QED) is 0.621. The molecule has 0 fully saturated rings. The van der Waals surface area contributed by atoms with E-state index in [4.69, 9.17) is 0 Å². The van der Waals surface area contributed by atoms with Crippen LogP contribution in [0.4, 0.5) is 0 Å². The van der Waals surface area contributed by atoms with Gasteiger partial charge in [0.05, 0.1) is 6.10 Å². The molecule has 2 nitrogen and oxygen atoms in total. The molecule has 2 rings (SSSR count). The van der Waals surface area contributed by atoms with E-state index in [1.165, 1.54) is 0 Å². The Morgan fingerprint density at radius 3 is 2.05 bits per heavy atom. The molecule has 0 saturated carbocycles. The molecular weight excluding hydrogens is 272 g/mol. The van der Waals surface area contributed by atoms with Crippen molar-refractivity contribution in [2.75, 3.05) is 0 Å². The Morgan fingerprint density at radius 1 is 0.955 bits per heavy atom. The van der Waals surface area contributed by atoms with Gasteiger partial charge in [0, 0.05) is 5.57 Å². The lowest BCUT2D eigenvalue weighted by Gasteiger charge is -2.11. The minimum atomic E-state index is -0.760. The summed E-state index contributed by atoms with van der Waals surface area (Å²) in [5, 5.41) is 20.4. The molecule has 112 valence electrons. The fourth-order valence-corrected chi connectivity index (χ4v) is 2.20. The van der Waals surface area contributed by atoms with Crippen LogP contribution in [0.5, 0.6) is 0 Å². The van der Waals surface area contributed by atoms with Gasteiger partial charge in [-0.25, -0.2) is 0 Å². The topological polar surface area (TPSA) is 40.5 Å². The fraction of sp³-hybridized carbons (Fsp3) is 0.150. The van der Waals surface area contributed by atoms with Crippen LogP contribution in [0, 0.1) is 0 Å². The predicted molar refractivity (Wildman–Crippen MR) is 89.2 cm³/mol. The summed E-state index contributed by atoms with van der Waals surface area (Å²) >= 11 is 0. The third kappa shape index (κ3) is 4.31. The highest BCUT2D eigenvalue weighted by molar-refractivity contribution is 5.31. The molecule has 2 unspecified atom stereocenters. The van der Waals surface area contributed by atoms with Gasteiger partial charge in [-0.2, -0.15) is 0 Å². The Kier molecular flexibility index (Phi) is 5.93. The molecule has 0 aliphatic carbocycles. The maximum Gasteiger partial charge on any atom is 0.111 e. The third-order valence-electron chi connectivity index (χ3n) is 3.46. The lowest BCUT2D eigenvalue weighted by atomic mass is 10.0. The van der Waals surface area contributed by atoms with Crippen LogP contribution < -0.4 is 0 Å². The number of hydrogen-bond acceptors (Lipinski definition) is 2. The summed E-state index contributed by atoms with van der Waals surface area (Å²) in [5.41, 5.74) is 5.02. The van der Waals surface area contributed by atoms with Gasteiger partial charge >= 0.3 is 0 Å². The minimum absolute atomic E-state index is 0.469. The van der Waals surface area contributed by atoms with E-state index >= 15 is 0 Å². The SMILES string of the molecule is C=C=C(/C=C/CC(O)c1ccccc1)C(O)c1ccccc1. The summed E-state index contributed by atoms with van der Waals surface area (Å²) in [6.07, 6.45) is 2.74. The second-order valence-corrected chi connectivity index (χ2v) is 5.01. The number of aliphatic hydroxyl groups is 2. The van der Waals surface area contributed by atoms with Gasteiger partial charge in [0.1, 0.15) is 6.10 Å². The maximum absolute atomic E-state index is 10.3. The lowest BCUT2D eigenvalue weighted by molar-refractivity contribution is 0.181. The maximum atomic E-state index is 10.3. The minimum Gasteiger partial charge on any atom is -0.388 e. The summed E-state index contributed by atoms with van der Waals surface area (Å²) in [4.78, 5) is 0. The molecule has 0 aromatic heterocycles. The van der Waals surface area contributed by atoms with E-state index in [-0.39, 0.29) is 0 Å². The Labute approximate surface area is 131 Å². The van der Waals surface area contributed by atoms with Crippen molar-refractivity contribution in [3.63, 3.8) is 0 Å². The molecule has 2 aromatic rings. The zero-order chi connectivity index (χ0) is 15.8. The monoisotopic (exact) mass is 292 g/mol. The van der Waals surface area contributed by atoms with Crippen molar-refractivity contribution in [3.8, 4) is 0 Å². The fourth-order valence-electron chi connectivity index (χ4n) is 2.20. The summed E-state index contributed by atoms with van der Waals surface area (Å²) in [6.45, 7) is 3.63. The molecule has 0 saturated heterocycles. The molecular formula is C20H20O2. The number of hydrogen-bond donors (Lipinski definition) is 2. The lowest BCUT2D eigenvalue weighted by Crippen LogP contribution is -1.99. The van der Waals surface area contributed by atoms with Crippen molar-refractivity contribution in [1.82, 2.24) is 0 Å². The molecule has 2 atom stereocenters. The molecule has 0 heterocycles. The highest BCUT2D eigenvalue weighted by Crippen LogP contribution is 2.22. The Bertz CT molecular complexity index is 653. The molecule has 2 N–H and O–H groups in total. The van der Waals surface area contributed by atoms with Gasteiger partial charge in [0.2, 0.25) is 0 Å². The number of benzene rings is 2.